The molecule has 3 aromatic carbocycles. The second-order valence-corrected chi connectivity index (χ2v) is 7.07. The summed E-state index contributed by atoms with van der Waals surface area (Å²) >= 11 is 0. The number of aryl methyl sites for hydroxylation is 1. The number of rotatable bonds is 5. The molecule has 0 fully saturated rings. The van der Waals surface area contributed by atoms with Gasteiger partial charge in [0.15, 0.2) is 0 Å². The van der Waals surface area contributed by atoms with Crippen LogP contribution in [0.1, 0.15) is 22.3 Å². The summed E-state index contributed by atoms with van der Waals surface area (Å²) < 4.78 is 1.73. The van der Waals surface area contributed by atoms with Gasteiger partial charge in [-0.15, -0.1) is 0 Å². The second kappa shape index (κ2) is 8.15. The topological polar surface area (TPSA) is 54.6 Å². The highest BCUT2D eigenvalue weighted by molar-refractivity contribution is 5.96. The lowest BCUT2D eigenvalue weighted by atomic mass is 10.1. The first-order valence-corrected chi connectivity index (χ1v) is 9.58. The smallest absolute Gasteiger partial charge is 0.263 e. The first-order chi connectivity index (χ1) is 14.1. The van der Waals surface area contributed by atoms with Crippen molar-refractivity contribution >= 4 is 17.1 Å². The summed E-state index contributed by atoms with van der Waals surface area (Å²) in [4.78, 5) is 17.7. The molecule has 0 aliphatic carbocycles. The summed E-state index contributed by atoms with van der Waals surface area (Å²) in [6.07, 6.45) is 1.49. The number of nitrogens with zero attached hydrogens (tertiary/aromatic N) is 2. The van der Waals surface area contributed by atoms with Crippen LogP contribution in [0.4, 0.5) is 0 Å². The van der Waals surface area contributed by atoms with Crippen molar-refractivity contribution in [1.29, 1.82) is 0 Å². The average Bonchev–Trinajstić information content (AvgIpc) is 2.75. The normalized spacial score (nSPS) is 11.3. The number of aromatic hydroxyl groups is 1. The monoisotopic (exact) mass is 382 g/mol. The Hall–Kier alpha value is -3.66. The number of pyridine rings is 1. The zero-order valence-corrected chi connectivity index (χ0v) is 16.2. The molecule has 0 saturated heterocycles. The zero-order valence-electron chi connectivity index (χ0n) is 16.2. The molecule has 4 aromatic rings. The van der Waals surface area contributed by atoms with E-state index in [-0.39, 0.29) is 16.9 Å². The molecule has 0 unspecified atom stereocenters. The Balaban J connectivity index is 1.83. The molecular weight excluding hydrogens is 360 g/mol. The number of hydrogen-bond donors (Lipinski definition) is 1. The molecule has 4 heteroatoms. The Bertz CT molecular complexity index is 1230. The highest BCUT2D eigenvalue weighted by Crippen LogP contribution is 2.28. The Morgan fingerprint density at radius 3 is 2.24 bits per heavy atom. The van der Waals surface area contributed by atoms with E-state index in [4.69, 9.17) is 0 Å². The second-order valence-electron chi connectivity index (χ2n) is 7.07. The van der Waals surface area contributed by atoms with Gasteiger partial charge in [0.1, 0.15) is 11.3 Å². The largest absolute Gasteiger partial charge is 0.506 e. The van der Waals surface area contributed by atoms with Gasteiger partial charge in [-0.3, -0.25) is 9.79 Å². The van der Waals surface area contributed by atoms with Crippen molar-refractivity contribution in [2.45, 2.75) is 20.0 Å². The van der Waals surface area contributed by atoms with Crippen molar-refractivity contribution in [1.82, 2.24) is 4.57 Å². The van der Waals surface area contributed by atoms with Gasteiger partial charge in [0.05, 0.1) is 18.6 Å². The van der Waals surface area contributed by atoms with E-state index in [9.17, 15) is 9.90 Å². The molecule has 0 aliphatic rings. The molecular formula is C25H22N2O2. The Morgan fingerprint density at radius 2 is 1.55 bits per heavy atom. The maximum absolute atomic E-state index is 13.3. The molecule has 1 heterocycles. The van der Waals surface area contributed by atoms with Crippen LogP contribution in [0.25, 0.3) is 10.9 Å². The molecule has 0 amide bonds. The number of para-hydroxylation sites is 1. The van der Waals surface area contributed by atoms with Crippen LogP contribution in [-0.4, -0.2) is 15.9 Å². The van der Waals surface area contributed by atoms with E-state index in [1.54, 1.807) is 4.57 Å². The summed E-state index contributed by atoms with van der Waals surface area (Å²) in [5, 5.41) is 11.5. The standard InChI is InChI=1S/C25H22N2O2/c1-18-9-8-14-21-23(18)27(17-20-12-6-3-7-13-20)25(29)22(24(21)28)16-26-15-19-10-4-2-5-11-19/h2-14,16,28H,15,17H2,1H3. The summed E-state index contributed by atoms with van der Waals surface area (Å²) in [5.41, 5.74) is 3.74. The lowest BCUT2D eigenvalue weighted by Gasteiger charge is -2.15. The van der Waals surface area contributed by atoms with E-state index < -0.39 is 0 Å². The molecule has 0 bridgehead atoms. The van der Waals surface area contributed by atoms with Crippen LogP contribution in [0.15, 0.2) is 88.6 Å². The van der Waals surface area contributed by atoms with Crippen molar-refractivity contribution in [3.8, 4) is 5.75 Å². The van der Waals surface area contributed by atoms with Gasteiger partial charge >= 0.3 is 0 Å². The van der Waals surface area contributed by atoms with Gasteiger partial charge in [0, 0.05) is 11.6 Å². The van der Waals surface area contributed by atoms with Crippen molar-refractivity contribution in [3.05, 3.63) is 111 Å². The fourth-order valence-electron chi connectivity index (χ4n) is 3.56. The summed E-state index contributed by atoms with van der Waals surface area (Å²) in [6, 6.07) is 25.3. The highest BCUT2D eigenvalue weighted by Gasteiger charge is 2.16. The molecule has 4 rings (SSSR count). The van der Waals surface area contributed by atoms with Gasteiger partial charge in [0.2, 0.25) is 0 Å². The Kier molecular flexibility index (Phi) is 5.25. The first-order valence-electron chi connectivity index (χ1n) is 9.58. The molecule has 0 aliphatic heterocycles. The average molecular weight is 382 g/mol. The molecule has 144 valence electrons. The molecule has 4 nitrogen and oxygen atoms in total. The molecule has 0 saturated carbocycles. The van der Waals surface area contributed by atoms with E-state index in [1.807, 2.05) is 85.8 Å². The molecule has 0 atom stereocenters. The highest BCUT2D eigenvalue weighted by atomic mass is 16.3. The predicted molar refractivity (Wildman–Crippen MR) is 118 cm³/mol. The minimum absolute atomic E-state index is 0.0187. The lowest BCUT2D eigenvalue weighted by molar-refractivity contribution is 0.478. The maximum Gasteiger partial charge on any atom is 0.263 e. The molecule has 0 radical (unpaired) electrons. The van der Waals surface area contributed by atoms with Gasteiger partial charge in [-0.25, -0.2) is 0 Å². The number of aromatic nitrogens is 1. The van der Waals surface area contributed by atoms with Gasteiger partial charge in [-0.2, -0.15) is 0 Å². The fraction of sp³-hybridized carbons (Fsp3) is 0.120. The molecule has 0 spiro atoms. The fourth-order valence-corrected chi connectivity index (χ4v) is 3.56. The van der Waals surface area contributed by atoms with Crippen molar-refractivity contribution in [3.63, 3.8) is 0 Å². The van der Waals surface area contributed by atoms with Crippen LogP contribution in [-0.2, 0) is 13.1 Å². The van der Waals surface area contributed by atoms with E-state index in [2.05, 4.69) is 4.99 Å². The Labute approximate surface area is 169 Å². The van der Waals surface area contributed by atoms with Crippen LogP contribution in [0, 0.1) is 6.92 Å². The zero-order chi connectivity index (χ0) is 20.2. The first kappa shape index (κ1) is 18.7. The van der Waals surface area contributed by atoms with Crippen molar-refractivity contribution in [2.75, 3.05) is 0 Å². The quantitative estimate of drug-likeness (QED) is 0.510. The van der Waals surface area contributed by atoms with Gasteiger partial charge in [-0.1, -0.05) is 72.8 Å². The van der Waals surface area contributed by atoms with Crippen LogP contribution < -0.4 is 5.56 Å². The number of benzene rings is 3. The summed E-state index contributed by atoms with van der Waals surface area (Å²) in [6.45, 7) is 2.83. The third kappa shape index (κ3) is 3.83. The van der Waals surface area contributed by atoms with Gasteiger partial charge in [-0.05, 0) is 29.7 Å². The number of fused-ring (bicyclic) bond motifs is 1. The maximum atomic E-state index is 13.3. The van der Waals surface area contributed by atoms with E-state index in [0.717, 1.165) is 22.2 Å². The molecule has 1 aromatic heterocycles. The van der Waals surface area contributed by atoms with E-state index in [1.165, 1.54) is 6.21 Å². The molecule has 1 N–H and O–H groups in total. The van der Waals surface area contributed by atoms with Gasteiger partial charge in [0.25, 0.3) is 5.56 Å². The van der Waals surface area contributed by atoms with Crippen molar-refractivity contribution in [2.24, 2.45) is 4.99 Å². The van der Waals surface area contributed by atoms with Gasteiger partial charge < -0.3 is 9.67 Å². The van der Waals surface area contributed by atoms with Crippen LogP contribution in [0.5, 0.6) is 5.75 Å². The van der Waals surface area contributed by atoms with E-state index >= 15 is 0 Å². The summed E-state index contributed by atoms with van der Waals surface area (Å²) in [5.74, 6) is -0.0187. The minimum Gasteiger partial charge on any atom is -0.506 e. The Morgan fingerprint density at radius 1 is 0.897 bits per heavy atom. The van der Waals surface area contributed by atoms with Crippen LogP contribution >= 0.6 is 0 Å². The molecule has 29 heavy (non-hydrogen) atoms. The number of aliphatic imine (C=N–C) groups is 1. The van der Waals surface area contributed by atoms with E-state index in [0.29, 0.717) is 18.5 Å². The third-order valence-corrected chi connectivity index (χ3v) is 5.01. The lowest BCUT2D eigenvalue weighted by Crippen LogP contribution is -2.25. The predicted octanol–water partition coefficient (Wildman–Crippen LogP) is 4.68. The summed E-state index contributed by atoms with van der Waals surface area (Å²) in [7, 11) is 0. The number of hydrogen-bond acceptors (Lipinski definition) is 3. The van der Waals surface area contributed by atoms with Crippen LogP contribution in [0.2, 0.25) is 0 Å². The van der Waals surface area contributed by atoms with Crippen LogP contribution in [0.3, 0.4) is 0 Å². The minimum atomic E-state index is -0.245. The van der Waals surface area contributed by atoms with Crippen molar-refractivity contribution < 1.29 is 5.11 Å². The third-order valence-electron chi connectivity index (χ3n) is 5.01. The SMILES string of the molecule is Cc1cccc2c(O)c(C=NCc3ccccc3)c(=O)n(Cc3ccccc3)c12.